The van der Waals surface area contributed by atoms with Crippen LogP contribution in [0.1, 0.15) is 33.3 Å². The Hall–Kier alpha value is -0.540. The van der Waals surface area contributed by atoms with Crippen molar-refractivity contribution in [2.45, 2.75) is 40.2 Å². The van der Waals surface area contributed by atoms with Crippen LogP contribution in [0.5, 0.6) is 5.75 Å². The summed E-state index contributed by atoms with van der Waals surface area (Å²) in [6.07, 6.45) is 0.884. The van der Waals surface area contributed by atoms with E-state index >= 15 is 0 Å². The molecule has 1 saturated carbocycles. The lowest BCUT2D eigenvalue weighted by molar-refractivity contribution is 0.413. The van der Waals surface area contributed by atoms with Gasteiger partial charge in [-0.05, 0) is 46.9 Å². The molecule has 1 aromatic carbocycles. The molecule has 0 spiro atoms. The molecule has 1 atom stereocenters. The van der Waals surface area contributed by atoms with Crippen LogP contribution in [0.15, 0.2) is 22.7 Å². The molecule has 106 valence electrons. The zero-order valence-corrected chi connectivity index (χ0v) is 14.0. The maximum atomic E-state index is 6.46. The molecule has 0 aromatic heterocycles. The van der Waals surface area contributed by atoms with Crippen molar-refractivity contribution >= 4 is 15.9 Å². The maximum absolute atomic E-state index is 6.46. The number of nitrogens with two attached hydrogens (primary N) is 1. The topological polar surface area (TPSA) is 35.2 Å². The third-order valence-electron chi connectivity index (χ3n) is 5.27. The Morgan fingerprint density at radius 1 is 1.26 bits per heavy atom. The summed E-state index contributed by atoms with van der Waals surface area (Å²) in [4.78, 5) is 0. The summed E-state index contributed by atoms with van der Waals surface area (Å²) in [7, 11) is 1.69. The first kappa shape index (κ1) is 14.9. The summed E-state index contributed by atoms with van der Waals surface area (Å²) in [5, 5.41) is 0. The van der Waals surface area contributed by atoms with E-state index in [0.717, 1.165) is 16.6 Å². The predicted octanol–water partition coefficient (Wildman–Crippen LogP) is 4.01. The van der Waals surface area contributed by atoms with Gasteiger partial charge in [0.05, 0.1) is 7.11 Å². The molecule has 19 heavy (non-hydrogen) atoms. The lowest BCUT2D eigenvalue weighted by Gasteiger charge is -2.16. The third kappa shape index (κ3) is 2.43. The van der Waals surface area contributed by atoms with Gasteiger partial charge >= 0.3 is 0 Å². The van der Waals surface area contributed by atoms with Gasteiger partial charge < -0.3 is 10.5 Å². The molecular weight excluding hydrogens is 302 g/mol. The maximum Gasteiger partial charge on any atom is 0.119 e. The first-order valence-electron chi connectivity index (χ1n) is 6.80. The fraction of sp³-hybridized carbons (Fsp3) is 0.625. The normalized spacial score (nSPS) is 22.1. The van der Waals surface area contributed by atoms with Gasteiger partial charge in [0.2, 0.25) is 0 Å². The van der Waals surface area contributed by atoms with Crippen molar-refractivity contribution in [1.82, 2.24) is 0 Å². The van der Waals surface area contributed by atoms with Crippen molar-refractivity contribution in [3.8, 4) is 5.75 Å². The molecule has 2 rings (SSSR count). The summed E-state index contributed by atoms with van der Waals surface area (Å²) < 4.78 is 6.40. The first-order valence-corrected chi connectivity index (χ1v) is 7.59. The fourth-order valence-corrected chi connectivity index (χ4v) is 3.93. The third-order valence-corrected chi connectivity index (χ3v) is 6.04. The van der Waals surface area contributed by atoms with Gasteiger partial charge in [-0.3, -0.25) is 0 Å². The van der Waals surface area contributed by atoms with Gasteiger partial charge in [-0.2, -0.15) is 0 Å². The van der Waals surface area contributed by atoms with Gasteiger partial charge in [0.15, 0.2) is 0 Å². The van der Waals surface area contributed by atoms with E-state index in [1.807, 2.05) is 12.1 Å². The van der Waals surface area contributed by atoms with E-state index in [1.54, 1.807) is 7.11 Å². The molecule has 1 aliphatic rings. The molecule has 0 heterocycles. The molecule has 0 saturated heterocycles. The smallest absolute Gasteiger partial charge is 0.119 e. The Balaban J connectivity index is 2.14. The second-order valence-corrected chi connectivity index (χ2v) is 7.60. The minimum atomic E-state index is 0.188. The number of hydrogen-bond acceptors (Lipinski definition) is 2. The van der Waals surface area contributed by atoms with Crippen LogP contribution in [0.4, 0.5) is 0 Å². The van der Waals surface area contributed by atoms with E-state index < -0.39 is 0 Å². The lowest BCUT2D eigenvalue weighted by atomic mass is 9.97. The Morgan fingerprint density at radius 2 is 1.84 bits per heavy atom. The number of halogens is 1. The van der Waals surface area contributed by atoms with Crippen LogP contribution in [0.25, 0.3) is 0 Å². The van der Waals surface area contributed by atoms with Gasteiger partial charge in [-0.15, -0.1) is 0 Å². The van der Waals surface area contributed by atoms with Crippen LogP contribution in [-0.4, -0.2) is 13.2 Å². The van der Waals surface area contributed by atoms with Gasteiger partial charge in [0.25, 0.3) is 0 Å². The fourth-order valence-electron chi connectivity index (χ4n) is 3.52. The number of ether oxygens (including phenoxy) is 1. The molecular formula is C16H24BrNO. The molecule has 2 nitrogen and oxygen atoms in total. The standard InChI is InChI=1S/C16H24BrNO/c1-15(2)14(16(15,3)4)13(18)9-10-8-11(19-5)6-7-12(10)17/h6-8,13-14H,9,18H2,1-5H3. The highest BCUT2D eigenvalue weighted by molar-refractivity contribution is 9.10. The summed E-state index contributed by atoms with van der Waals surface area (Å²) in [6.45, 7) is 9.27. The molecule has 3 heteroatoms. The van der Waals surface area contributed by atoms with E-state index in [9.17, 15) is 0 Å². The highest BCUT2D eigenvalue weighted by Gasteiger charge is 2.66. The molecule has 1 aromatic rings. The minimum absolute atomic E-state index is 0.188. The zero-order valence-electron chi connectivity index (χ0n) is 12.5. The Bertz CT molecular complexity index is 468. The highest BCUT2D eigenvalue weighted by atomic mass is 79.9. The van der Waals surface area contributed by atoms with E-state index in [-0.39, 0.29) is 6.04 Å². The lowest BCUT2D eigenvalue weighted by Crippen LogP contribution is -2.28. The average Bonchev–Trinajstić information content (AvgIpc) is 2.72. The van der Waals surface area contributed by atoms with Crippen LogP contribution in [-0.2, 0) is 6.42 Å². The van der Waals surface area contributed by atoms with Crippen molar-refractivity contribution in [2.24, 2.45) is 22.5 Å². The Labute approximate surface area is 124 Å². The quantitative estimate of drug-likeness (QED) is 0.907. The molecule has 1 unspecified atom stereocenters. The van der Waals surface area contributed by atoms with E-state index in [4.69, 9.17) is 10.5 Å². The molecule has 0 amide bonds. The second-order valence-electron chi connectivity index (χ2n) is 6.75. The molecule has 0 radical (unpaired) electrons. The number of methoxy groups -OCH3 is 1. The Morgan fingerprint density at radius 3 is 2.32 bits per heavy atom. The highest BCUT2D eigenvalue weighted by Crippen LogP contribution is 2.69. The molecule has 2 N–H and O–H groups in total. The number of benzene rings is 1. The Kier molecular flexibility index (Phi) is 3.74. The molecule has 0 bridgehead atoms. The minimum Gasteiger partial charge on any atom is -0.497 e. The predicted molar refractivity (Wildman–Crippen MR) is 83.4 cm³/mol. The molecule has 0 aliphatic heterocycles. The first-order chi connectivity index (χ1) is 8.71. The summed E-state index contributed by atoms with van der Waals surface area (Å²) in [6, 6.07) is 6.26. The van der Waals surface area contributed by atoms with Crippen molar-refractivity contribution in [2.75, 3.05) is 7.11 Å². The largest absolute Gasteiger partial charge is 0.497 e. The van der Waals surface area contributed by atoms with Crippen molar-refractivity contribution in [3.63, 3.8) is 0 Å². The van der Waals surface area contributed by atoms with Crippen molar-refractivity contribution < 1.29 is 4.74 Å². The van der Waals surface area contributed by atoms with Crippen LogP contribution in [0.3, 0.4) is 0 Å². The molecule has 1 fully saturated rings. The number of hydrogen-bond donors (Lipinski definition) is 1. The summed E-state index contributed by atoms with van der Waals surface area (Å²) in [5.74, 6) is 1.46. The van der Waals surface area contributed by atoms with Gasteiger partial charge in [-0.1, -0.05) is 43.6 Å². The van der Waals surface area contributed by atoms with Crippen LogP contribution in [0, 0.1) is 16.7 Å². The van der Waals surface area contributed by atoms with E-state index in [2.05, 4.69) is 49.7 Å². The van der Waals surface area contributed by atoms with Crippen molar-refractivity contribution in [1.29, 1.82) is 0 Å². The van der Waals surface area contributed by atoms with Gasteiger partial charge in [0, 0.05) is 10.5 Å². The zero-order chi connectivity index (χ0) is 14.4. The van der Waals surface area contributed by atoms with Gasteiger partial charge in [0.1, 0.15) is 5.75 Å². The summed E-state index contributed by atoms with van der Waals surface area (Å²) in [5.41, 5.74) is 8.35. The van der Waals surface area contributed by atoms with E-state index in [0.29, 0.717) is 16.7 Å². The van der Waals surface area contributed by atoms with Crippen LogP contribution in [0.2, 0.25) is 0 Å². The monoisotopic (exact) mass is 325 g/mol. The van der Waals surface area contributed by atoms with Gasteiger partial charge in [-0.25, -0.2) is 0 Å². The number of rotatable bonds is 4. The van der Waals surface area contributed by atoms with Crippen LogP contribution < -0.4 is 10.5 Å². The van der Waals surface area contributed by atoms with Crippen LogP contribution >= 0.6 is 15.9 Å². The van der Waals surface area contributed by atoms with E-state index in [1.165, 1.54) is 5.56 Å². The second kappa shape index (κ2) is 4.78. The van der Waals surface area contributed by atoms with Crippen molar-refractivity contribution in [3.05, 3.63) is 28.2 Å². The average molecular weight is 326 g/mol. The summed E-state index contributed by atoms with van der Waals surface area (Å²) >= 11 is 3.60. The SMILES string of the molecule is COc1ccc(Br)c(CC(N)C2C(C)(C)C2(C)C)c1. The molecule has 1 aliphatic carbocycles.